The van der Waals surface area contributed by atoms with E-state index in [1.54, 1.807) is 6.92 Å². The van der Waals surface area contributed by atoms with Gasteiger partial charge in [-0.05, 0) is 19.8 Å². The van der Waals surface area contributed by atoms with Crippen molar-refractivity contribution in [2.45, 2.75) is 46.5 Å². The zero-order valence-corrected chi connectivity index (χ0v) is 8.22. The summed E-state index contributed by atoms with van der Waals surface area (Å²) in [5.41, 5.74) is 0. The van der Waals surface area contributed by atoms with Crippen LogP contribution in [0.3, 0.4) is 0 Å². The maximum atomic E-state index is 11.1. The Morgan fingerprint density at radius 3 is 2.00 bits per heavy atom. The maximum absolute atomic E-state index is 11.1. The summed E-state index contributed by atoms with van der Waals surface area (Å²) in [4.78, 5) is 21.6. The van der Waals surface area contributed by atoms with Crippen LogP contribution in [0, 0.1) is 5.92 Å². The fourth-order valence-electron chi connectivity index (χ4n) is 0.962. The van der Waals surface area contributed by atoms with Crippen LogP contribution in [0.4, 0.5) is 0 Å². The zero-order valence-electron chi connectivity index (χ0n) is 8.22. The first-order valence-electron chi connectivity index (χ1n) is 4.56. The fourth-order valence-corrected chi connectivity index (χ4v) is 0.962. The molecule has 12 heavy (non-hydrogen) atoms. The first-order valence-corrected chi connectivity index (χ1v) is 4.56. The van der Waals surface area contributed by atoms with Crippen molar-refractivity contribution in [1.29, 1.82) is 0 Å². The van der Waals surface area contributed by atoms with Crippen molar-refractivity contribution in [3.05, 3.63) is 0 Å². The Morgan fingerprint density at radius 1 is 1.08 bits per heavy atom. The van der Waals surface area contributed by atoms with E-state index in [0.29, 0.717) is 18.6 Å². The van der Waals surface area contributed by atoms with Gasteiger partial charge < -0.3 is 4.79 Å². The van der Waals surface area contributed by atoms with Crippen molar-refractivity contribution < 1.29 is 9.59 Å². The lowest BCUT2D eigenvalue weighted by Crippen LogP contribution is -2.06. The molecule has 0 radical (unpaired) electrons. The Hall–Kier alpha value is -0.660. The van der Waals surface area contributed by atoms with Gasteiger partial charge in [0.2, 0.25) is 0 Å². The second-order valence-electron chi connectivity index (χ2n) is 3.53. The van der Waals surface area contributed by atoms with E-state index in [1.807, 2.05) is 13.8 Å². The lowest BCUT2D eigenvalue weighted by atomic mass is 10.0. The Balaban J connectivity index is 3.32. The van der Waals surface area contributed by atoms with Gasteiger partial charge in [0.05, 0.1) is 0 Å². The summed E-state index contributed by atoms with van der Waals surface area (Å²) in [6.07, 6.45) is 2.96. The average molecular weight is 170 g/mol. The second-order valence-corrected chi connectivity index (χ2v) is 3.53. The van der Waals surface area contributed by atoms with E-state index < -0.39 is 0 Å². The molecule has 0 aliphatic carbocycles. The van der Waals surface area contributed by atoms with Gasteiger partial charge in [-0.3, -0.25) is 4.79 Å². The summed E-state index contributed by atoms with van der Waals surface area (Å²) in [6, 6.07) is 0. The van der Waals surface area contributed by atoms with E-state index in [0.717, 1.165) is 12.8 Å². The molecule has 0 spiro atoms. The molecule has 0 unspecified atom stereocenters. The van der Waals surface area contributed by atoms with E-state index in [1.165, 1.54) is 0 Å². The summed E-state index contributed by atoms with van der Waals surface area (Å²) in [6.45, 7) is 5.41. The highest BCUT2D eigenvalue weighted by Crippen LogP contribution is 2.05. The highest BCUT2D eigenvalue weighted by molar-refractivity contribution is 5.80. The first-order chi connectivity index (χ1) is 5.54. The van der Waals surface area contributed by atoms with Gasteiger partial charge in [0.1, 0.15) is 11.6 Å². The summed E-state index contributed by atoms with van der Waals surface area (Å²) >= 11 is 0. The van der Waals surface area contributed by atoms with E-state index >= 15 is 0 Å². The van der Waals surface area contributed by atoms with Crippen LogP contribution in [0.1, 0.15) is 46.5 Å². The lowest BCUT2D eigenvalue weighted by molar-refractivity contribution is -0.122. The average Bonchev–Trinajstić information content (AvgIpc) is 1.97. The minimum absolute atomic E-state index is 0.141. The van der Waals surface area contributed by atoms with Gasteiger partial charge in [-0.2, -0.15) is 0 Å². The van der Waals surface area contributed by atoms with Gasteiger partial charge in [-0.15, -0.1) is 0 Å². The molecule has 0 fully saturated rings. The van der Waals surface area contributed by atoms with Crippen molar-refractivity contribution in [2.24, 2.45) is 5.92 Å². The molecule has 0 saturated heterocycles. The SMILES string of the molecule is CC(=O)CCCCC(=O)C(C)C. The van der Waals surface area contributed by atoms with Crippen molar-refractivity contribution in [2.75, 3.05) is 0 Å². The van der Waals surface area contributed by atoms with Gasteiger partial charge in [0, 0.05) is 18.8 Å². The molecular weight excluding hydrogens is 152 g/mol. The highest BCUT2D eigenvalue weighted by Gasteiger charge is 2.06. The molecule has 0 aliphatic rings. The number of Topliss-reactive ketones (excluding diaryl/α,β-unsaturated/α-hetero) is 2. The number of carbonyl (C=O) groups is 2. The van der Waals surface area contributed by atoms with Crippen molar-refractivity contribution in [1.82, 2.24) is 0 Å². The van der Waals surface area contributed by atoms with Crippen LogP contribution in [0.25, 0.3) is 0 Å². The Morgan fingerprint density at radius 2 is 1.58 bits per heavy atom. The number of rotatable bonds is 6. The third kappa shape index (κ3) is 6.08. The first kappa shape index (κ1) is 11.3. The molecule has 70 valence electrons. The molecule has 0 amide bonds. The van der Waals surface area contributed by atoms with E-state index in [9.17, 15) is 9.59 Å². The normalized spacial score (nSPS) is 10.3. The van der Waals surface area contributed by atoms with Gasteiger partial charge in [-0.1, -0.05) is 13.8 Å². The summed E-state index contributed by atoms with van der Waals surface area (Å²) in [5, 5.41) is 0. The molecule has 0 bridgehead atoms. The Labute approximate surface area is 74.3 Å². The molecule has 2 heteroatoms. The predicted octanol–water partition coefficient (Wildman–Crippen LogP) is 2.36. The molecule has 0 aliphatic heterocycles. The number of unbranched alkanes of at least 4 members (excludes halogenated alkanes) is 1. The maximum Gasteiger partial charge on any atom is 0.135 e. The lowest BCUT2D eigenvalue weighted by Gasteiger charge is -2.02. The molecule has 0 N–H and O–H groups in total. The van der Waals surface area contributed by atoms with Crippen molar-refractivity contribution in [3.8, 4) is 0 Å². The van der Waals surface area contributed by atoms with Gasteiger partial charge in [0.25, 0.3) is 0 Å². The molecule has 0 atom stereocenters. The van der Waals surface area contributed by atoms with E-state index in [-0.39, 0.29) is 11.7 Å². The van der Waals surface area contributed by atoms with Crippen LogP contribution in [0.2, 0.25) is 0 Å². The molecule has 0 heterocycles. The zero-order chi connectivity index (χ0) is 9.56. The molecule has 0 rings (SSSR count). The summed E-state index contributed by atoms with van der Waals surface area (Å²) < 4.78 is 0. The molecule has 0 aromatic rings. The van der Waals surface area contributed by atoms with Gasteiger partial charge in [-0.25, -0.2) is 0 Å². The highest BCUT2D eigenvalue weighted by atomic mass is 16.1. The molecule has 0 aromatic heterocycles. The Kier molecular flexibility index (Phi) is 5.60. The van der Waals surface area contributed by atoms with E-state index in [2.05, 4.69) is 0 Å². The van der Waals surface area contributed by atoms with E-state index in [4.69, 9.17) is 0 Å². The van der Waals surface area contributed by atoms with Gasteiger partial charge >= 0.3 is 0 Å². The smallest absolute Gasteiger partial charge is 0.135 e. The van der Waals surface area contributed by atoms with Crippen LogP contribution in [0.5, 0.6) is 0 Å². The molecule has 2 nitrogen and oxygen atoms in total. The molecule has 0 aromatic carbocycles. The van der Waals surface area contributed by atoms with Gasteiger partial charge in [0.15, 0.2) is 0 Å². The number of hydrogen-bond acceptors (Lipinski definition) is 2. The minimum atomic E-state index is 0.141. The number of carbonyl (C=O) groups excluding carboxylic acids is 2. The summed E-state index contributed by atoms with van der Waals surface area (Å²) in [7, 11) is 0. The van der Waals surface area contributed by atoms with Crippen LogP contribution >= 0.6 is 0 Å². The predicted molar refractivity (Wildman–Crippen MR) is 49.0 cm³/mol. The van der Waals surface area contributed by atoms with Crippen LogP contribution in [0.15, 0.2) is 0 Å². The van der Waals surface area contributed by atoms with Crippen molar-refractivity contribution in [3.63, 3.8) is 0 Å². The quantitative estimate of drug-likeness (QED) is 0.573. The van der Waals surface area contributed by atoms with Crippen LogP contribution in [-0.2, 0) is 9.59 Å². The minimum Gasteiger partial charge on any atom is -0.300 e. The monoisotopic (exact) mass is 170 g/mol. The fraction of sp³-hybridized carbons (Fsp3) is 0.800. The Bertz CT molecular complexity index is 159. The molecular formula is C10H18O2. The van der Waals surface area contributed by atoms with Crippen molar-refractivity contribution >= 4 is 11.6 Å². The second kappa shape index (κ2) is 5.92. The third-order valence-corrected chi connectivity index (χ3v) is 1.85. The number of hydrogen-bond donors (Lipinski definition) is 0. The number of ketones is 2. The largest absolute Gasteiger partial charge is 0.300 e. The van der Waals surface area contributed by atoms with Crippen LogP contribution < -0.4 is 0 Å². The summed E-state index contributed by atoms with van der Waals surface area (Å²) in [5.74, 6) is 0.660. The standard InChI is InChI=1S/C10H18O2/c1-8(2)10(12)7-5-4-6-9(3)11/h8H,4-7H2,1-3H3. The topological polar surface area (TPSA) is 34.1 Å². The molecule has 0 saturated carbocycles. The van der Waals surface area contributed by atoms with Crippen LogP contribution in [-0.4, -0.2) is 11.6 Å². The third-order valence-electron chi connectivity index (χ3n) is 1.85.